The molecule has 0 saturated heterocycles. The number of rotatable bonds is 2. The molecule has 88 valence electrons. The van der Waals surface area contributed by atoms with Crippen LogP contribution in [0, 0.1) is 20.8 Å². The summed E-state index contributed by atoms with van der Waals surface area (Å²) in [6.45, 7) is 6.13. The Morgan fingerprint density at radius 2 is 1.88 bits per heavy atom. The molecule has 1 aromatic carbocycles. The zero-order valence-corrected chi connectivity index (χ0v) is 11.0. The minimum atomic E-state index is 0.549. The van der Waals surface area contributed by atoms with Gasteiger partial charge in [0, 0.05) is 10.5 Å². The Balaban J connectivity index is 2.38. The largest absolute Gasteiger partial charge is 0.383 e. The van der Waals surface area contributed by atoms with Gasteiger partial charge in [-0.2, -0.15) is 0 Å². The zero-order chi connectivity index (χ0) is 12.4. The maximum absolute atomic E-state index is 5.78. The summed E-state index contributed by atoms with van der Waals surface area (Å²) in [5, 5.41) is 0.922. The van der Waals surface area contributed by atoms with Crippen molar-refractivity contribution < 1.29 is 0 Å². The van der Waals surface area contributed by atoms with Crippen LogP contribution in [0.5, 0.6) is 0 Å². The van der Waals surface area contributed by atoms with Gasteiger partial charge in [-0.05, 0) is 38.0 Å². The first-order valence-corrected chi connectivity index (χ1v) is 6.22. The fourth-order valence-electron chi connectivity index (χ4n) is 1.47. The molecule has 0 unspecified atom stereocenters. The summed E-state index contributed by atoms with van der Waals surface area (Å²) in [4.78, 5) is 9.47. The number of nitrogen functional groups attached to an aromatic ring is 1. The van der Waals surface area contributed by atoms with Crippen LogP contribution in [0.2, 0.25) is 0 Å². The summed E-state index contributed by atoms with van der Waals surface area (Å²) in [7, 11) is 0. The molecule has 2 rings (SSSR count). The molecule has 0 spiro atoms. The number of hydrogen-bond donors (Lipinski definition) is 1. The van der Waals surface area contributed by atoms with Crippen LogP contribution < -0.4 is 5.73 Å². The Labute approximate surface area is 105 Å². The third-order valence-corrected chi connectivity index (χ3v) is 3.89. The third-order valence-electron chi connectivity index (χ3n) is 2.63. The van der Waals surface area contributed by atoms with E-state index in [-0.39, 0.29) is 0 Å². The molecular weight excluding hydrogens is 230 g/mol. The molecule has 3 nitrogen and oxygen atoms in total. The van der Waals surface area contributed by atoms with Crippen molar-refractivity contribution in [3.8, 4) is 0 Å². The molecule has 0 aliphatic heterocycles. The molecule has 17 heavy (non-hydrogen) atoms. The van der Waals surface area contributed by atoms with Gasteiger partial charge in [-0.15, -0.1) is 0 Å². The van der Waals surface area contributed by atoms with Gasteiger partial charge in [0.1, 0.15) is 17.2 Å². The average Bonchev–Trinajstić information content (AvgIpc) is 2.30. The lowest BCUT2D eigenvalue weighted by atomic mass is 10.2. The molecule has 1 heterocycles. The van der Waals surface area contributed by atoms with E-state index in [2.05, 4.69) is 42.0 Å². The normalized spacial score (nSPS) is 10.5. The van der Waals surface area contributed by atoms with Crippen LogP contribution in [0.4, 0.5) is 5.82 Å². The van der Waals surface area contributed by atoms with Crippen LogP contribution in [0.1, 0.15) is 16.7 Å². The Hall–Kier alpha value is -1.55. The molecule has 2 aromatic rings. The molecule has 1 aromatic heterocycles. The summed E-state index contributed by atoms with van der Waals surface area (Å²) in [6.07, 6.45) is 1.51. The standard InChI is InChI=1S/C13H15N3S/c1-8-4-5-9(2)11(6-8)17-13-10(3)12(14)15-7-16-13/h4-7H,1-3H3,(H2,14,15,16). The van der Waals surface area contributed by atoms with Crippen molar-refractivity contribution in [3.05, 3.63) is 41.2 Å². The van der Waals surface area contributed by atoms with Crippen molar-refractivity contribution in [1.29, 1.82) is 0 Å². The molecule has 0 amide bonds. The van der Waals surface area contributed by atoms with Gasteiger partial charge in [0.05, 0.1) is 0 Å². The lowest BCUT2D eigenvalue weighted by Crippen LogP contribution is -1.97. The Kier molecular flexibility index (Phi) is 3.33. The van der Waals surface area contributed by atoms with Crippen molar-refractivity contribution in [2.75, 3.05) is 5.73 Å². The van der Waals surface area contributed by atoms with E-state index in [1.165, 1.54) is 22.3 Å². The summed E-state index contributed by atoms with van der Waals surface area (Å²) in [5.41, 5.74) is 9.22. The number of nitrogens with two attached hydrogens (primary N) is 1. The predicted octanol–water partition coefficient (Wildman–Crippen LogP) is 3.14. The lowest BCUT2D eigenvalue weighted by Gasteiger charge is -2.08. The van der Waals surface area contributed by atoms with E-state index in [1.54, 1.807) is 11.8 Å². The van der Waals surface area contributed by atoms with E-state index in [9.17, 15) is 0 Å². The second-order valence-corrected chi connectivity index (χ2v) is 5.09. The second kappa shape index (κ2) is 4.75. The SMILES string of the molecule is Cc1ccc(C)c(Sc2ncnc(N)c2C)c1. The maximum Gasteiger partial charge on any atom is 0.130 e. The van der Waals surface area contributed by atoms with E-state index in [0.717, 1.165) is 10.6 Å². The lowest BCUT2D eigenvalue weighted by molar-refractivity contribution is 1.01. The Morgan fingerprint density at radius 1 is 1.12 bits per heavy atom. The van der Waals surface area contributed by atoms with Crippen molar-refractivity contribution in [1.82, 2.24) is 9.97 Å². The number of hydrogen-bond acceptors (Lipinski definition) is 4. The van der Waals surface area contributed by atoms with Crippen molar-refractivity contribution >= 4 is 17.6 Å². The molecule has 0 aliphatic carbocycles. The zero-order valence-electron chi connectivity index (χ0n) is 10.2. The molecule has 0 radical (unpaired) electrons. The first-order valence-electron chi connectivity index (χ1n) is 5.40. The van der Waals surface area contributed by atoms with Gasteiger partial charge in [0.25, 0.3) is 0 Å². The van der Waals surface area contributed by atoms with Crippen LogP contribution in [-0.4, -0.2) is 9.97 Å². The van der Waals surface area contributed by atoms with Crippen LogP contribution in [0.25, 0.3) is 0 Å². The molecule has 0 bridgehead atoms. The van der Waals surface area contributed by atoms with Crippen LogP contribution in [0.3, 0.4) is 0 Å². The molecular formula is C13H15N3S. The fourth-order valence-corrected chi connectivity index (χ4v) is 2.51. The highest BCUT2D eigenvalue weighted by Crippen LogP contribution is 2.32. The van der Waals surface area contributed by atoms with Gasteiger partial charge in [-0.3, -0.25) is 0 Å². The number of benzene rings is 1. The average molecular weight is 245 g/mol. The first-order chi connectivity index (χ1) is 8.08. The summed E-state index contributed by atoms with van der Waals surface area (Å²) >= 11 is 1.64. The molecule has 0 saturated carbocycles. The summed E-state index contributed by atoms with van der Waals surface area (Å²) in [6, 6.07) is 6.40. The highest BCUT2D eigenvalue weighted by Gasteiger charge is 2.08. The molecule has 0 aliphatic rings. The molecule has 0 fully saturated rings. The molecule has 2 N–H and O–H groups in total. The number of aromatic nitrogens is 2. The summed E-state index contributed by atoms with van der Waals surface area (Å²) < 4.78 is 0. The first kappa shape index (κ1) is 11.9. The molecule has 4 heteroatoms. The minimum Gasteiger partial charge on any atom is -0.383 e. The van der Waals surface area contributed by atoms with E-state index in [4.69, 9.17) is 5.73 Å². The van der Waals surface area contributed by atoms with Crippen molar-refractivity contribution in [3.63, 3.8) is 0 Å². The number of anilines is 1. The van der Waals surface area contributed by atoms with Gasteiger partial charge >= 0.3 is 0 Å². The van der Waals surface area contributed by atoms with Crippen molar-refractivity contribution in [2.45, 2.75) is 30.7 Å². The topological polar surface area (TPSA) is 51.8 Å². The van der Waals surface area contributed by atoms with Gasteiger partial charge in [-0.25, -0.2) is 9.97 Å². The van der Waals surface area contributed by atoms with E-state index in [0.29, 0.717) is 5.82 Å². The van der Waals surface area contributed by atoms with Crippen LogP contribution in [0.15, 0.2) is 34.4 Å². The van der Waals surface area contributed by atoms with Gasteiger partial charge in [0.2, 0.25) is 0 Å². The van der Waals surface area contributed by atoms with Gasteiger partial charge in [-0.1, -0.05) is 23.9 Å². The third kappa shape index (κ3) is 2.58. The smallest absolute Gasteiger partial charge is 0.130 e. The van der Waals surface area contributed by atoms with Crippen molar-refractivity contribution in [2.24, 2.45) is 0 Å². The van der Waals surface area contributed by atoms with Gasteiger partial charge < -0.3 is 5.73 Å². The van der Waals surface area contributed by atoms with Crippen LogP contribution in [-0.2, 0) is 0 Å². The number of aryl methyl sites for hydroxylation is 2. The number of nitrogens with zero attached hydrogens (tertiary/aromatic N) is 2. The quantitative estimate of drug-likeness (QED) is 0.826. The molecule has 0 atom stereocenters. The predicted molar refractivity (Wildman–Crippen MR) is 71.2 cm³/mol. The van der Waals surface area contributed by atoms with E-state index >= 15 is 0 Å². The Bertz CT molecular complexity index is 552. The van der Waals surface area contributed by atoms with Crippen LogP contribution >= 0.6 is 11.8 Å². The minimum absolute atomic E-state index is 0.549. The van der Waals surface area contributed by atoms with E-state index < -0.39 is 0 Å². The highest BCUT2D eigenvalue weighted by molar-refractivity contribution is 7.99. The second-order valence-electron chi connectivity index (χ2n) is 4.06. The monoisotopic (exact) mass is 245 g/mol. The Morgan fingerprint density at radius 3 is 2.65 bits per heavy atom. The maximum atomic E-state index is 5.78. The van der Waals surface area contributed by atoms with Gasteiger partial charge in [0.15, 0.2) is 0 Å². The summed E-state index contributed by atoms with van der Waals surface area (Å²) in [5.74, 6) is 0.549. The van der Waals surface area contributed by atoms with E-state index in [1.807, 2.05) is 6.92 Å². The fraction of sp³-hybridized carbons (Fsp3) is 0.231. The highest BCUT2D eigenvalue weighted by atomic mass is 32.2.